The van der Waals surface area contributed by atoms with Crippen molar-refractivity contribution in [1.82, 2.24) is 4.98 Å². The molecule has 1 heterocycles. The van der Waals surface area contributed by atoms with Gasteiger partial charge in [0.15, 0.2) is 0 Å². The SMILES string of the molecule is CN(C)c1ncccc1C(=O)Nc1ccc(NC(=O)C(C)(C)C)cc1. The second-order valence-electron chi connectivity index (χ2n) is 7.00. The molecule has 0 unspecified atom stereocenters. The van der Waals surface area contributed by atoms with E-state index in [1.807, 2.05) is 34.9 Å². The summed E-state index contributed by atoms with van der Waals surface area (Å²) in [5, 5.41) is 5.70. The van der Waals surface area contributed by atoms with Gasteiger partial charge in [0.05, 0.1) is 5.56 Å². The summed E-state index contributed by atoms with van der Waals surface area (Å²) < 4.78 is 0. The molecular formula is C19H24N4O2. The number of benzene rings is 1. The third-order valence-corrected chi connectivity index (χ3v) is 3.54. The second kappa shape index (κ2) is 7.34. The van der Waals surface area contributed by atoms with Crippen molar-refractivity contribution in [3.63, 3.8) is 0 Å². The molecule has 1 aromatic heterocycles. The van der Waals surface area contributed by atoms with Gasteiger partial charge >= 0.3 is 0 Å². The summed E-state index contributed by atoms with van der Waals surface area (Å²) in [6.07, 6.45) is 1.65. The molecular weight excluding hydrogens is 316 g/mol. The van der Waals surface area contributed by atoms with E-state index in [1.54, 1.807) is 47.5 Å². The zero-order valence-electron chi connectivity index (χ0n) is 15.3. The number of hydrogen-bond acceptors (Lipinski definition) is 4. The quantitative estimate of drug-likeness (QED) is 0.895. The van der Waals surface area contributed by atoms with Gasteiger partial charge in [0.25, 0.3) is 5.91 Å². The molecule has 2 rings (SSSR count). The van der Waals surface area contributed by atoms with E-state index >= 15 is 0 Å². The molecule has 2 amide bonds. The van der Waals surface area contributed by atoms with Gasteiger partial charge < -0.3 is 15.5 Å². The van der Waals surface area contributed by atoms with Crippen LogP contribution in [0.5, 0.6) is 0 Å². The fourth-order valence-electron chi connectivity index (χ4n) is 2.08. The van der Waals surface area contributed by atoms with Gasteiger partial charge in [-0.05, 0) is 36.4 Å². The molecule has 0 spiro atoms. The van der Waals surface area contributed by atoms with Crippen molar-refractivity contribution in [2.24, 2.45) is 5.41 Å². The van der Waals surface area contributed by atoms with Gasteiger partial charge in [-0.3, -0.25) is 9.59 Å². The average Bonchev–Trinajstić information content (AvgIpc) is 2.55. The van der Waals surface area contributed by atoms with Crippen LogP contribution in [0.25, 0.3) is 0 Å². The zero-order chi connectivity index (χ0) is 18.6. The number of hydrogen-bond donors (Lipinski definition) is 2. The molecule has 0 radical (unpaired) electrons. The Balaban J connectivity index is 2.09. The van der Waals surface area contributed by atoms with Gasteiger partial charge in [0, 0.05) is 37.1 Å². The van der Waals surface area contributed by atoms with Crippen LogP contribution in [0.4, 0.5) is 17.2 Å². The van der Waals surface area contributed by atoms with Gasteiger partial charge in [-0.15, -0.1) is 0 Å². The monoisotopic (exact) mass is 340 g/mol. The first kappa shape index (κ1) is 18.4. The van der Waals surface area contributed by atoms with Crippen molar-refractivity contribution in [2.75, 3.05) is 29.6 Å². The minimum atomic E-state index is -0.463. The Labute approximate surface area is 148 Å². The molecule has 6 heteroatoms. The van der Waals surface area contributed by atoms with E-state index in [0.29, 0.717) is 22.8 Å². The van der Waals surface area contributed by atoms with Crippen LogP contribution in [0.1, 0.15) is 31.1 Å². The summed E-state index contributed by atoms with van der Waals surface area (Å²) in [5.41, 5.74) is 1.37. The standard InChI is InChI=1S/C19H24N4O2/c1-19(2,3)18(25)22-14-10-8-13(9-11-14)21-17(24)15-7-6-12-20-16(15)23(4)5/h6-12H,1-5H3,(H,21,24)(H,22,25). The predicted molar refractivity (Wildman–Crippen MR) is 101 cm³/mol. The van der Waals surface area contributed by atoms with Crippen molar-refractivity contribution < 1.29 is 9.59 Å². The minimum absolute atomic E-state index is 0.0599. The first-order valence-electron chi connectivity index (χ1n) is 8.03. The van der Waals surface area contributed by atoms with Gasteiger partial charge in [0.1, 0.15) is 5.82 Å². The highest BCUT2D eigenvalue weighted by Gasteiger charge is 2.21. The number of carbonyl (C=O) groups excluding carboxylic acids is 2. The number of carbonyl (C=O) groups is 2. The molecule has 25 heavy (non-hydrogen) atoms. The van der Waals surface area contributed by atoms with E-state index in [-0.39, 0.29) is 11.8 Å². The Morgan fingerprint density at radius 3 is 2.04 bits per heavy atom. The molecule has 0 aliphatic rings. The summed E-state index contributed by atoms with van der Waals surface area (Å²) in [5.74, 6) is 0.313. The van der Waals surface area contributed by atoms with Gasteiger partial charge in [0.2, 0.25) is 5.91 Å². The number of pyridine rings is 1. The lowest BCUT2D eigenvalue weighted by Gasteiger charge is -2.18. The second-order valence-corrected chi connectivity index (χ2v) is 7.00. The molecule has 0 atom stereocenters. The van der Waals surface area contributed by atoms with Gasteiger partial charge in [-0.25, -0.2) is 4.98 Å². The summed E-state index contributed by atoms with van der Waals surface area (Å²) >= 11 is 0. The van der Waals surface area contributed by atoms with Gasteiger partial charge in [-0.2, -0.15) is 0 Å². The maximum Gasteiger partial charge on any atom is 0.259 e. The zero-order valence-corrected chi connectivity index (χ0v) is 15.3. The number of aromatic nitrogens is 1. The largest absolute Gasteiger partial charge is 0.362 e. The fourth-order valence-corrected chi connectivity index (χ4v) is 2.08. The molecule has 6 nitrogen and oxygen atoms in total. The molecule has 1 aromatic carbocycles. The first-order chi connectivity index (χ1) is 11.7. The van der Waals surface area contributed by atoms with Crippen molar-refractivity contribution in [1.29, 1.82) is 0 Å². The lowest BCUT2D eigenvalue weighted by atomic mass is 9.95. The number of anilines is 3. The summed E-state index contributed by atoms with van der Waals surface area (Å²) in [6.45, 7) is 5.56. The van der Waals surface area contributed by atoms with Crippen LogP contribution in [0.15, 0.2) is 42.6 Å². The van der Waals surface area contributed by atoms with Crippen LogP contribution in [0.3, 0.4) is 0 Å². The highest BCUT2D eigenvalue weighted by atomic mass is 16.2. The fraction of sp³-hybridized carbons (Fsp3) is 0.316. The molecule has 0 bridgehead atoms. The Kier molecular flexibility index (Phi) is 5.41. The topological polar surface area (TPSA) is 74.3 Å². The highest BCUT2D eigenvalue weighted by Crippen LogP contribution is 2.20. The van der Waals surface area contributed by atoms with E-state index in [9.17, 15) is 9.59 Å². The predicted octanol–water partition coefficient (Wildman–Crippen LogP) is 3.38. The Hall–Kier alpha value is -2.89. The van der Waals surface area contributed by atoms with Crippen LogP contribution >= 0.6 is 0 Å². The van der Waals surface area contributed by atoms with E-state index in [0.717, 1.165) is 0 Å². The Bertz CT molecular complexity index is 762. The normalized spacial score (nSPS) is 10.9. The van der Waals surface area contributed by atoms with E-state index in [4.69, 9.17) is 0 Å². The number of nitrogens with zero attached hydrogens (tertiary/aromatic N) is 2. The lowest BCUT2D eigenvalue weighted by Crippen LogP contribution is -2.27. The molecule has 2 aromatic rings. The van der Waals surface area contributed by atoms with Crippen molar-refractivity contribution in [2.45, 2.75) is 20.8 Å². The van der Waals surface area contributed by atoms with Crippen molar-refractivity contribution >= 4 is 29.0 Å². The maximum atomic E-state index is 12.5. The van der Waals surface area contributed by atoms with Crippen molar-refractivity contribution in [3.8, 4) is 0 Å². The van der Waals surface area contributed by atoms with E-state index in [1.165, 1.54) is 0 Å². The van der Waals surface area contributed by atoms with E-state index < -0.39 is 5.41 Å². The average molecular weight is 340 g/mol. The minimum Gasteiger partial charge on any atom is -0.362 e. The van der Waals surface area contributed by atoms with Crippen LogP contribution in [-0.2, 0) is 4.79 Å². The van der Waals surface area contributed by atoms with Crippen LogP contribution in [-0.4, -0.2) is 30.9 Å². The van der Waals surface area contributed by atoms with E-state index in [2.05, 4.69) is 15.6 Å². The molecule has 0 aliphatic heterocycles. The molecule has 132 valence electrons. The molecule has 2 N–H and O–H groups in total. The maximum absolute atomic E-state index is 12.5. The highest BCUT2D eigenvalue weighted by molar-refractivity contribution is 6.07. The van der Waals surface area contributed by atoms with Crippen LogP contribution in [0.2, 0.25) is 0 Å². The Morgan fingerprint density at radius 1 is 0.960 bits per heavy atom. The summed E-state index contributed by atoms with van der Waals surface area (Å²) in [4.78, 5) is 30.5. The lowest BCUT2D eigenvalue weighted by molar-refractivity contribution is -0.123. The van der Waals surface area contributed by atoms with Crippen molar-refractivity contribution in [3.05, 3.63) is 48.2 Å². The first-order valence-corrected chi connectivity index (χ1v) is 8.03. The molecule has 0 saturated carbocycles. The molecule has 0 fully saturated rings. The summed E-state index contributed by atoms with van der Waals surface area (Å²) in [6, 6.07) is 10.5. The summed E-state index contributed by atoms with van der Waals surface area (Å²) in [7, 11) is 3.68. The number of nitrogens with one attached hydrogen (secondary N) is 2. The number of amides is 2. The van der Waals surface area contributed by atoms with Crippen LogP contribution in [0, 0.1) is 5.41 Å². The number of rotatable bonds is 4. The third kappa shape index (κ3) is 4.79. The molecule has 0 aliphatic carbocycles. The molecule has 0 saturated heterocycles. The van der Waals surface area contributed by atoms with Gasteiger partial charge in [-0.1, -0.05) is 20.8 Å². The third-order valence-electron chi connectivity index (χ3n) is 3.54. The smallest absolute Gasteiger partial charge is 0.259 e. The Morgan fingerprint density at radius 2 is 1.52 bits per heavy atom. The van der Waals surface area contributed by atoms with Crippen LogP contribution < -0.4 is 15.5 Å².